The number of hydrogen-bond acceptors (Lipinski definition) is 5. The molecule has 0 saturated carbocycles. The number of aromatic nitrogens is 3. The zero-order valence-electron chi connectivity index (χ0n) is 19.0. The highest BCUT2D eigenvalue weighted by atomic mass is 16.4. The Morgan fingerprint density at radius 2 is 2.06 bits per heavy atom. The van der Waals surface area contributed by atoms with Crippen molar-refractivity contribution in [3.8, 4) is 11.1 Å². The molecule has 0 spiro atoms. The first-order chi connectivity index (χ1) is 15.8. The van der Waals surface area contributed by atoms with E-state index >= 15 is 0 Å². The van der Waals surface area contributed by atoms with E-state index in [9.17, 15) is 9.59 Å². The van der Waals surface area contributed by atoms with Crippen LogP contribution in [0.1, 0.15) is 31.9 Å². The van der Waals surface area contributed by atoms with Gasteiger partial charge >= 0.3 is 6.09 Å². The van der Waals surface area contributed by atoms with Crippen molar-refractivity contribution in [2.75, 3.05) is 23.8 Å². The van der Waals surface area contributed by atoms with E-state index in [2.05, 4.69) is 28.4 Å². The molecule has 3 aromatic rings. The third-order valence-electron chi connectivity index (χ3n) is 5.96. The van der Waals surface area contributed by atoms with Crippen LogP contribution in [0.2, 0.25) is 0 Å². The van der Waals surface area contributed by atoms with Crippen LogP contribution in [0.4, 0.5) is 16.3 Å². The molecule has 2 aromatic heterocycles. The summed E-state index contributed by atoms with van der Waals surface area (Å²) in [5.41, 5.74) is 3.84. The molecule has 3 heterocycles. The van der Waals surface area contributed by atoms with Crippen LogP contribution in [0.25, 0.3) is 11.1 Å². The van der Waals surface area contributed by atoms with Gasteiger partial charge in [-0.2, -0.15) is 5.10 Å². The monoisotopic (exact) mass is 448 g/mol. The average Bonchev–Trinajstić information content (AvgIpc) is 3.26. The molecule has 33 heavy (non-hydrogen) atoms. The molecule has 0 fully saturated rings. The van der Waals surface area contributed by atoms with Crippen LogP contribution in [-0.4, -0.2) is 56.4 Å². The fourth-order valence-electron chi connectivity index (χ4n) is 4.27. The quantitative estimate of drug-likeness (QED) is 0.594. The van der Waals surface area contributed by atoms with Gasteiger partial charge in [-0.1, -0.05) is 12.1 Å². The van der Waals surface area contributed by atoms with Crippen LogP contribution in [0.15, 0.2) is 55.0 Å². The van der Waals surface area contributed by atoms with E-state index in [0.29, 0.717) is 13.1 Å². The van der Waals surface area contributed by atoms with Crippen molar-refractivity contribution < 1.29 is 14.7 Å². The van der Waals surface area contributed by atoms with Gasteiger partial charge in [0.05, 0.1) is 18.8 Å². The zero-order chi connectivity index (χ0) is 23.5. The summed E-state index contributed by atoms with van der Waals surface area (Å²) in [6, 6.07) is 11.9. The Hall–Kier alpha value is -3.88. The lowest BCUT2D eigenvalue weighted by molar-refractivity contribution is -0.117. The van der Waals surface area contributed by atoms with E-state index in [1.807, 2.05) is 41.4 Å². The van der Waals surface area contributed by atoms with Crippen molar-refractivity contribution in [3.05, 3.63) is 60.6 Å². The third kappa shape index (κ3) is 4.82. The van der Waals surface area contributed by atoms with Gasteiger partial charge in [0.2, 0.25) is 5.91 Å². The van der Waals surface area contributed by atoms with Gasteiger partial charge in [-0.05, 0) is 48.7 Å². The summed E-state index contributed by atoms with van der Waals surface area (Å²) in [5, 5.41) is 16.9. The summed E-state index contributed by atoms with van der Waals surface area (Å²) in [6.07, 6.45) is 5.23. The molecule has 172 valence electrons. The van der Waals surface area contributed by atoms with Crippen LogP contribution in [0, 0.1) is 0 Å². The highest BCUT2D eigenvalue weighted by Gasteiger charge is 2.32. The first kappa shape index (κ1) is 22.3. The van der Waals surface area contributed by atoms with Crippen LogP contribution in [0.3, 0.4) is 0 Å². The lowest BCUT2D eigenvalue weighted by atomic mass is 9.89. The largest absolute Gasteiger partial charge is 0.465 e. The summed E-state index contributed by atoms with van der Waals surface area (Å²) in [7, 11) is 1.53. The highest BCUT2D eigenvalue weighted by molar-refractivity contribution is 5.94. The minimum absolute atomic E-state index is 0.000268. The molecule has 1 aromatic carbocycles. The first-order valence-corrected chi connectivity index (χ1v) is 10.9. The Balaban J connectivity index is 1.64. The lowest BCUT2D eigenvalue weighted by Gasteiger charge is -2.39. The van der Waals surface area contributed by atoms with E-state index < -0.39 is 6.09 Å². The topological polar surface area (TPSA) is 104 Å². The number of nitrogens with one attached hydrogen (secondary N) is 1. The maximum absolute atomic E-state index is 12.4. The third-order valence-corrected chi connectivity index (χ3v) is 5.96. The number of fused-ring (bicyclic) bond motifs is 1. The van der Waals surface area contributed by atoms with Crippen LogP contribution in [-0.2, 0) is 11.3 Å². The molecule has 9 heteroatoms. The van der Waals surface area contributed by atoms with Crippen molar-refractivity contribution in [2.24, 2.45) is 0 Å². The van der Waals surface area contributed by atoms with E-state index in [4.69, 9.17) is 5.11 Å². The number of hydrogen-bond donors (Lipinski definition) is 2. The number of rotatable bonds is 6. The second-order valence-corrected chi connectivity index (χ2v) is 8.36. The van der Waals surface area contributed by atoms with Crippen molar-refractivity contribution in [1.29, 1.82) is 0 Å². The Bertz CT molecular complexity index is 1150. The number of pyridine rings is 1. The number of benzene rings is 1. The van der Waals surface area contributed by atoms with E-state index in [-0.39, 0.29) is 18.0 Å². The second-order valence-electron chi connectivity index (χ2n) is 8.36. The normalized spacial score (nSPS) is 17.4. The van der Waals surface area contributed by atoms with Gasteiger partial charge < -0.3 is 20.2 Å². The summed E-state index contributed by atoms with van der Waals surface area (Å²) in [6.45, 7) is 4.47. The van der Waals surface area contributed by atoms with Gasteiger partial charge in [-0.3, -0.25) is 9.48 Å². The SMILES string of the molecule is CC(=O)N1c2ccc(-c3cnn(CCN(C)C(=O)O)c3)cc2[C@H](Nc2ccccn2)C[C@@H]1C. The first-order valence-electron chi connectivity index (χ1n) is 10.9. The van der Waals surface area contributed by atoms with Crippen LogP contribution < -0.4 is 10.2 Å². The number of anilines is 2. The summed E-state index contributed by atoms with van der Waals surface area (Å²) in [5.74, 6) is 0.806. The van der Waals surface area contributed by atoms with Crippen molar-refractivity contribution in [3.63, 3.8) is 0 Å². The molecular formula is C24H28N6O3. The Kier molecular flexibility index (Phi) is 6.30. The van der Waals surface area contributed by atoms with E-state index in [1.54, 1.807) is 24.0 Å². The van der Waals surface area contributed by atoms with Gasteiger partial charge in [-0.25, -0.2) is 9.78 Å². The Morgan fingerprint density at radius 3 is 2.76 bits per heavy atom. The maximum atomic E-state index is 12.4. The number of carboxylic acid groups (broad SMARTS) is 1. The minimum Gasteiger partial charge on any atom is -0.465 e. The van der Waals surface area contributed by atoms with Crippen LogP contribution in [0.5, 0.6) is 0 Å². The summed E-state index contributed by atoms with van der Waals surface area (Å²) < 4.78 is 1.74. The fourth-order valence-corrected chi connectivity index (χ4v) is 4.27. The fraction of sp³-hybridized carbons (Fsp3) is 0.333. The average molecular weight is 449 g/mol. The molecule has 0 saturated heterocycles. The predicted octanol–water partition coefficient (Wildman–Crippen LogP) is 3.85. The summed E-state index contributed by atoms with van der Waals surface area (Å²) >= 11 is 0. The van der Waals surface area contributed by atoms with E-state index in [1.165, 1.54) is 11.9 Å². The molecule has 0 aliphatic carbocycles. The zero-order valence-corrected chi connectivity index (χ0v) is 19.0. The molecule has 9 nitrogen and oxygen atoms in total. The molecule has 0 unspecified atom stereocenters. The van der Waals surface area contributed by atoms with Gasteiger partial charge in [0, 0.05) is 50.2 Å². The van der Waals surface area contributed by atoms with Crippen molar-refractivity contribution in [1.82, 2.24) is 19.7 Å². The molecular weight excluding hydrogens is 420 g/mol. The Labute approximate surface area is 192 Å². The van der Waals surface area contributed by atoms with Crippen molar-refractivity contribution >= 4 is 23.5 Å². The van der Waals surface area contributed by atoms with Gasteiger partial charge in [-0.15, -0.1) is 0 Å². The number of amides is 2. The predicted molar refractivity (Wildman–Crippen MR) is 126 cm³/mol. The van der Waals surface area contributed by atoms with Crippen molar-refractivity contribution in [2.45, 2.75) is 38.9 Å². The molecule has 1 aliphatic heterocycles. The number of nitrogens with zero attached hydrogens (tertiary/aromatic N) is 5. The molecule has 2 atom stereocenters. The molecule has 2 N–H and O–H groups in total. The Morgan fingerprint density at radius 1 is 1.24 bits per heavy atom. The molecule has 0 bridgehead atoms. The second kappa shape index (κ2) is 9.32. The number of carbonyl (C=O) groups is 2. The number of carbonyl (C=O) groups excluding carboxylic acids is 1. The molecule has 2 amide bonds. The van der Waals surface area contributed by atoms with Crippen LogP contribution >= 0.6 is 0 Å². The van der Waals surface area contributed by atoms with E-state index in [0.717, 1.165) is 34.6 Å². The highest BCUT2D eigenvalue weighted by Crippen LogP contribution is 2.40. The maximum Gasteiger partial charge on any atom is 0.407 e. The molecule has 1 aliphatic rings. The standard InChI is InChI=1S/C24H28N6O3/c1-16-12-21(27-23-6-4-5-9-25-23)20-13-18(7-8-22(20)30(16)17(2)31)19-14-26-29(15-19)11-10-28(3)24(32)33/h4-9,13-16,21H,10-12H2,1-3H3,(H,25,27)(H,32,33)/t16-,21+/m0/s1. The molecule has 0 radical (unpaired) electrons. The molecule has 4 rings (SSSR count). The van der Waals surface area contributed by atoms with Gasteiger partial charge in [0.25, 0.3) is 0 Å². The smallest absolute Gasteiger partial charge is 0.407 e. The van der Waals surface area contributed by atoms with Gasteiger partial charge in [0.1, 0.15) is 5.82 Å². The number of likely N-dealkylation sites (N-methyl/N-ethyl adjacent to an activating group) is 1. The lowest BCUT2D eigenvalue weighted by Crippen LogP contribution is -2.43. The van der Waals surface area contributed by atoms with Gasteiger partial charge in [0.15, 0.2) is 0 Å². The minimum atomic E-state index is -0.965. The summed E-state index contributed by atoms with van der Waals surface area (Å²) in [4.78, 5) is 30.9.